The van der Waals surface area contributed by atoms with Gasteiger partial charge in [0.1, 0.15) is 16.5 Å². The van der Waals surface area contributed by atoms with Crippen LogP contribution in [0.5, 0.6) is 0 Å². The van der Waals surface area contributed by atoms with Gasteiger partial charge in [-0.3, -0.25) is 0 Å². The van der Waals surface area contributed by atoms with Gasteiger partial charge in [0.05, 0.1) is 0 Å². The second-order valence-corrected chi connectivity index (χ2v) is 5.56. The number of benzene rings is 1. The fraction of sp³-hybridized carbons (Fsp3) is 0.286. The average molecular weight is 279 g/mol. The normalized spacial score (nSPS) is 10.7. The molecule has 2 rings (SSSR count). The first kappa shape index (κ1) is 13.4. The van der Waals surface area contributed by atoms with E-state index in [1.165, 1.54) is 22.3 Å². The van der Waals surface area contributed by atoms with Crippen LogP contribution in [0.2, 0.25) is 5.15 Å². The topological polar surface area (TPSA) is 25.8 Å². The van der Waals surface area contributed by atoms with Crippen LogP contribution in [0.15, 0.2) is 34.4 Å². The third-order valence-electron chi connectivity index (χ3n) is 2.76. The van der Waals surface area contributed by atoms with Gasteiger partial charge in [-0.25, -0.2) is 9.97 Å². The highest BCUT2D eigenvalue weighted by atomic mass is 35.5. The van der Waals surface area contributed by atoms with E-state index in [9.17, 15) is 0 Å². The molecule has 4 heteroatoms. The average Bonchev–Trinajstić information content (AvgIpc) is 2.34. The van der Waals surface area contributed by atoms with Crippen LogP contribution in [0, 0.1) is 13.8 Å². The van der Waals surface area contributed by atoms with E-state index in [2.05, 4.69) is 48.9 Å². The van der Waals surface area contributed by atoms with E-state index in [-0.39, 0.29) is 0 Å². The van der Waals surface area contributed by atoms with E-state index in [0.717, 1.165) is 17.0 Å². The molecular formula is C14H15ClN2S. The predicted molar refractivity (Wildman–Crippen MR) is 76.5 cm³/mol. The molecule has 0 bridgehead atoms. The molecule has 94 valence electrons. The molecule has 0 N–H and O–H groups in total. The van der Waals surface area contributed by atoms with Crippen molar-refractivity contribution >= 4 is 23.4 Å². The van der Waals surface area contributed by atoms with Gasteiger partial charge in [0.15, 0.2) is 0 Å². The number of aromatic nitrogens is 2. The van der Waals surface area contributed by atoms with Gasteiger partial charge in [0.25, 0.3) is 0 Å². The highest BCUT2D eigenvalue weighted by molar-refractivity contribution is 7.99. The zero-order valence-corrected chi connectivity index (χ0v) is 12.3. The van der Waals surface area contributed by atoms with E-state index in [0.29, 0.717) is 5.15 Å². The Hall–Kier alpha value is -1.06. The smallest absolute Gasteiger partial charge is 0.136 e. The number of aryl methyl sites for hydroxylation is 2. The van der Waals surface area contributed by atoms with Crippen LogP contribution in [0.25, 0.3) is 0 Å². The number of nitrogens with zero attached hydrogens (tertiary/aromatic N) is 2. The van der Waals surface area contributed by atoms with Crippen LogP contribution in [0.1, 0.15) is 23.6 Å². The second-order valence-electron chi connectivity index (χ2n) is 4.17. The molecule has 18 heavy (non-hydrogen) atoms. The molecule has 0 unspecified atom stereocenters. The summed E-state index contributed by atoms with van der Waals surface area (Å²) in [6.07, 6.45) is 2.36. The number of hydrogen-bond acceptors (Lipinski definition) is 3. The van der Waals surface area contributed by atoms with Crippen molar-refractivity contribution in [1.29, 1.82) is 0 Å². The van der Waals surface area contributed by atoms with E-state index >= 15 is 0 Å². The van der Waals surface area contributed by atoms with E-state index < -0.39 is 0 Å². The van der Waals surface area contributed by atoms with Gasteiger partial charge in [-0.2, -0.15) is 0 Å². The molecule has 1 aromatic carbocycles. The summed E-state index contributed by atoms with van der Waals surface area (Å²) in [5.41, 5.74) is 3.52. The van der Waals surface area contributed by atoms with Crippen molar-refractivity contribution in [2.75, 3.05) is 0 Å². The standard InChI is InChI=1S/C14H15ClN2S/c1-4-11-13(15)16-8-17-14(11)18-12-7-9(2)5-6-10(12)3/h5-8H,4H2,1-3H3. The molecule has 1 heterocycles. The molecule has 0 spiro atoms. The summed E-state index contributed by atoms with van der Waals surface area (Å²) in [6.45, 7) is 6.27. The quantitative estimate of drug-likeness (QED) is 0.775. The fourth-order valence-corrected chi connectivity index (χ4v) is 3.15. The monoisotopic (exact) mass is 278 g/mol. The molecule has 0 saturated carbocycles. The summed E-state index contributed by atoms with van der Waals surface area (Å²) in [6, 6.07) is 6.43. The Morgan fingerprint density at radius 1 is 1.22 bits per heavy atom. The molecule has 2 aromatic rings. The Morgan fingerprint density at radius 2 is 2.00 bits per heavy atom. The van der Waals surface area contributed by atoms with Gasteiger partial charge >= 0.3 is 0 Å². The molecular weight excluding hydrogens is 264 g/mol. The number of hydrogen-bond donors (Lipinski definition) is 0. The van der Waals surface area contributed by atoms with Crippen LogP contribution in [0.3, 0.4) is 0 Å². The summed E-state index contributed by atoms with van der Waals surface area (Å²) in [5.74, 6) is 0. The summed E-state index contributed by atoms with van der Waals surface area (Å²) in [5, 5.41) is 1.51. The molecule has 0 amide bonds. The predicted octanol–water partition coefficient (Wildman–Crippen LogP) is 4.46. The Kier molecular flexibility index (Phi) is 4.25. The van der Waals surface area contributed by atoms with Crippen molar-refractivity contribution in [2.45, 2.75) is 37.1 Å². The lowest BCUT2D eigenvalue weighted by Crippen LogP contribution is -1.94. The third-order valence-corrected chi connectivity index (χ3v) is 4.29. The minimum absolute atomic E-state index is 0.556. The molecule has 0 atom stereocenters. The largest absolute Gasteiger partial charge is 0.229 e. The lowest BCUT2D eigenvalue weighted by Gasteiger charge is -2.09. The molecule has 0 aliphatic carbocycles. The van der Waals surface area contributed by atoms with Gasteiger partial charge in [-0.1, -0.05) is 42.4 Å². The first-order valence-electron chi connectivity index (χ1n) is 5.86. The van der Waals surface area contributed by atoms with Gasteiger partial charge in [-0.15, -0.1) is 0 Å². The van der Waals surface area contributed by atoms with Crippen LogP contribution >= 0.6 is 23.4 Å². The lowest BCUT2D eigenvalue weighted by molar-refractivity contribution is 0.943. The van der Waals surface area contributed by atoms with Crippen molar-refractivity contribution in [2.24, 2.45) is 0 Å². The number of halogens is 1. The van der Waals surface area contributed by atoms with Crippen molar-refractivity contribution in [3.63, 3.8) is 0 Å². The molecule has 0 fully saturated rings. The molecule has 0 aliphatic heterocycles. The fourth-order valence-electron chi connectivity index (χ4n) is 1.68. The summed E-state index contributed by atoms with van der Waals surface area (Å²) < 4.78 is 0. The minimum Gasteiger partial charge on any atom is -0.229 e. The molecule has 1 aromatic heterocycles. The first-order valence-corrected chi connectivity index (χ1v) is 7.05. The van der Waals surface area contributed by atoms with E-state index in [1.54, 1.807) is 11.8 Å². The highest BCUT2D eigenvalue weighted by Gasteiger charge is 2.10. The van der Waals surface area contributed by atoms with Crippen LogP contribution in [-0.4, -0.2) is 9.97 Å². The molecule has 0 radical (unpaired) electrons. The van der Waals surface area contributed by atoms with Crippen molar-refractivity contribution < 1.29 is 0 Å². The van der Waals surface area contributed by atoms with Gasteiger partial charge in [-0.05, 0) is 37.5 Å². The summed E-state index contributed by atoms with van der Waals surface area (Å²) in [4.78, 5) is 9.60. The maximum atomic E-state index is 6.10. The van der Waals surface area contributed by atoms with E-state index in [1.807, 2.05) is 0 Å². The second kappa shape index (κ2) is 5.72. The highest BCUT2D eigenvalue weighted by Crippen LogP contribution is 2.33. The van der Waals surface area contributed by atoms with Crippen molar-refractivity contribution in [3.8, 4) is 0 Å². The van der Waals surface area contributed by atoms with Crippen LogP contribution < -0.4 is 0 Å². The SMILES string of the molecule is CCc1c(Cl)ncnc1Sc1cc(C)ccc1C. The first-order chi connectivity index (χ1) is 8.61. The van der Waals surface area contributed by atoms with Crippen molar-refractivity contribution in [1.82, 2.24) is 9.97 Å². The molecule has 2 nitrogen and oxygen atoms in total. The summed E-state index contributed by atoms with van der Waals surface area (Å²) >= 11 is 7.76. The van der Waals surface area contributed by atoms with Crippen LogP contribution in [-0.2, 0) is 6.42 Å². The van der Waals surface area contributed by atoms with Crippen LogP contribution in [0.4, 0.5) is 0 Å². The summed E-state index contributed by atoms with van der Waals surface area (Å²) in [7, 11) is 0. The maximum Gasteiger partial charge on any atom is 0.136 e. The zero-order valence-electron chi connectivity index (χ0n) is 10.7. The Bertz CT molecular complexity index is 570. The van der Waals surface area contributed by atoms with Gasteiger partial charge in [0, 0.05) is 10.5 Å². The van der Waals surface area contributed by atoms with Gasteiger partial charge < -0.3 is 0 Å². The number of rotatable bonds is 3. The molecule has 0 aliphatic rings. The minimum atomic E-state index is 0.556. The maximum absolute atomic E-state index is 6.10. The Morgan fingerprint density at radius 3 is 2.72 bits per heavy atom. The van der Waals surface area contributed by atoms with E-state index in [4.69, 9.17) is 11.6 Å². The zero-order chi connectivity index (χ0) is 13.1. The molecule has 0 saturated heterocycles. The Labute approximate surface area is 117 Å². The Balaban J connectivity index is 2.40. The third kappa shape index (κ3) is 2.85. The van der Waals surface area contributed by atoms with Crippen molar-refractivity contribution in [3.05, 3.63) is 46.4 Å². The van der Waals surface area contributed by atoms with Gasteiger partial charge in [0.2, 0.25) is 0 Å². The lowest BCUT2D eigenvalue weighted by atomic mass is 10.2.